The van der Waals surface area contributed by atoms with Crippen LogP contribution in [0.5, 0.6) is 0 Å². The highest BCUT2D eigenvalue weighted by molar-refractivity contribution is 7.89. The van der Waals surface area contributed by atoms with E-state index in [2.05, 4.69) is 9.97 Å². The summed E-state index contributed by atoms with van der Waals surface area (Å²) >= 11 is 0. The van der Waals surface area contributed by atoms with Crippen LogP contribution in [0, 0.1) is 0 Å². The molecule has 3 heterocycles. The van der Waals surface area contributed by atoms with Crippen molar-refractivity contribution in [3.05, 3.63) is 66.1 Å². The lowest BCUT2D eigenvalue weighted by Crippen LogP contribution is -2.26. The summed E-state index contributed by atoms with van der Waals surface area (Å²) in [7, 11) is -3.60. The fourth-order valence-electron chi connectivity index (χ4n) is 2.76. The molecule has 0 unspecified atom stereocenters. The predicted molar refractivity (Wildman–Crippen MR) is 82.4 cm³/mol. The van der Waals surface area contributed by atoms with Gasteiger partial charge in [-0.3, -0.25) is 9.97 Å². The zero-order chi connectivity index (χ0) is 15.2. The van der Waals surface area contributed by atoms with Gasteiger partial charge in [0.2, 0.25) is 10.0 Å². The van der Waals surface area contributed by atoms with Gasteiger partial charge in [-0.15, -0.1) is 0 Å². The average Bonchev–Trinajstić information content (AvgIpc) is 2.99. The first-order valence-corrected chi connectivity index (χ1v) is 8.37. The summed E-state index contributed by atoms with van der Waals surface area (Å²) in [5, 5.41) is 0.818. The Hall–Kier alpha value is -2.31. The van der Waals surface area contributed by atoms with Gasteiger partial charge in [-0.1, -0.05) is 24.3 Å². The van der Waals surface area contributed by atoms with E-state index in [1.807, 2.05) is 24.3 Å². The number of fused-ring (bicyclic) bond motifs is 2. The molecule has 110 valence electrons. The molecule has 0 radical (unpaired) electrons. The second-order valence-electron chi connectivity index (χ2n) is 5.21. The van der Waals surface area contributed by atoms with Crippen LogP contribution < -0.4 is 0 Å². The summed E-state index contributed by atoms with van der Waals surface area (Å²) in [6.07, 6.45) is 3.30. The minimum Gasteiger partial charge on any atom is -0.260 e. The maximum absolute atomic E-state index is 13.0. The molecule has 0 saturated carbocycles. The first-order valence-electron chi connectivity index (χ1n) is 6.93. The van der Waals surface area contributed by atoms with E-state index in [0.29, 0.717) is 18.6 Å². The smallest absolute Gasteiger partial charge is 0.245 e. The van der Waals surface area contributed by atoms with Crippen LogP contribution in [0.1, 0.15) is 11.3 Å². The maximum Gasteiger partial charge on any atom is 0.245 e. The van der Waals surface area contributed by atoms with Gasteiger partial charge in [-0.2, -0.15) is 4.31 Å². The van der Waals surface area contributed by atoms with Gasteiger partial charge in [0.05, 0.1) is 17.8 Å². The zero-order valence-electron chi connectivity index (χ0n) is 11.7. The van der Waals surface area contributed by atoms with E-state index in [0.717, 1.165) is 16.6 Å². The number of sulfonamides is 1. The van der Waals surface area contributed by atoms with Crippen LogP contribution in [0.25, 0.3) is 10.9 Å². The van der Waals surface area contributed by atoms with Crippen molar-refractivity contribution in [1.29, 1.82) is 0 Å². The fourth-order valence-corrected chi connectivity index (χ4v) is 4.31. The lowest BCUT2D eigenvalue weighted by atomic mass is 10.2. The summed E-state index contributed by atoms with van der Waals surface area (Å²) in [4.78, 5) is 8.75. The molecule has 1 aromatic carbocycles. The molecule has 1 aliphatic rings. The lowest BCUT2D eigenvalue weighted by molar-refractivity contribution is 0.430. The summed E-state index contributed by atoms with van der Waals surface area (Å²) in [5.74, 6) is 0. The molecule has 3 aromatic rings. The molecule has 0 aliphatic carbocycles. The van der Waals surface area contributed by atoms with Gasteiger partial charge in [0.25, 0.3) is 0 Å². The van der Waals surface area contributed by atoms with E-state index in [4.69, 9.17) is 0 Å². The van der Waals surface area contributed by atoms with Gasteiger partial charge in [-0.25, -0.2) is 8.42 Å². The number of hydrogen-bond acceptors (Lipinski definition) is 4. The Morgan fingerprint density at radius 3 is 2.55 bits per heavy atom. The second-order valence-corrected chi connectivity index (χ2v) is 7.12. The third-order valence-electron chi connectivity index (χ3n) is 3.87. The Morgan fingerprint density at radius 1 is 0.909 bits per heavy atom. The number of hydrogen-bond donors (Lipinski definition) is 0. The molecular weight excluding hydrogens is 298 g/mol. The van der Waals surface area contributed by atoms with Gasteiger partial charge in [0, 0.05) is 24.3 Å². The molecule has 2 aromatic heterocycles. The highest BCUT2D eigenvalue weighted by atomic mass is 32.2. The van der Waals surface area contributed by atoms with Crippen molar-refractivity contribution in [2.45, 2.75) is 18.0 Å². The summed E-state index contributed by atoms with van der Waals surface area (Å²) in [6.45, 7) is 0.663. The third-order valence-corrected chi connectivity index (χ3v) is 5.69. The quantitative estimate of drug-likeness (QED) is 0.729. The van der Waals surface area contributed by atoms with Crippen LogP contribution in [0.15, 0.2) is 59.8 Å². The van der Waals surface area contributed by atoms with Gasteiger partial charge in [0.15, 0.2) is 0 Å². The molecule has 0 saturated heterocycles. The molecule has 1 aliphatic heterocycles. The van der Waals surface area contributed by atoms with Crippen molar-refractivity contribution in [1.82, 2.24) is 14.3 Å². The topological polar surface area (TPSA) is 63.2 Å². The van der Waals surface area contributed by atoms with Crippen molar-refractivity contribution in [3.63, 3.8) is 0 Å². The number of aromatic nitrogens is 2. The minimum absolute atomic E-state index is 0.249. The van der Waals surface area contributed by atoms with Gasteiger partial charge in [-0.05, 0) is 23.8 Å². The van der Waals surface area contributed by atoms with Gasteiger partial charge < -0.3 is 0 Å². The highest BCUT2D eigenvalue weighted by Crippen LogP contribution is 2.30. The summed E-state index contributed by atoms with van der Waals surface area (Å²) in [5.41, 5.74) is 2.28. The average molecular weight is 311 g/mol. The van der Waals surface area contributed by atoms with Crippen molar-refractivity contribution < 1.29 is 8.42 Å². The van der Waals surface area contributed by atoms with Crippen LogP contribution in [-0.4, -0.2) is 22.7 Å². The Kier molecular flexibility index (Phi) is 2.95. The standard InChI is InChI=1S/C16H13N3O2S/c20-22(21,19-10-13-6-3-8-17-14(13)11-19)15-7-1-4-12-5-2-9-18-16(12)15/h1-9H,10-11H2. The maximum atomic E-state index is 13.0. The SMILES string of the molecule is O=S(=O)(c1cccc2cccnc12)N1Cc2cccnc2C1. The van der Waals surface area contributed by atoms with E-state index in [1.165, 1.54) is 4.31 Å². The van der Waals surface area contributed by atoms with E-state index >= 15 is 0 Å². The number of para-hydroxylation sites is 1. The number of pyridine rings is 2. The van der Waals surface area contributed by atoms with Crippen LogP contribution >= 0.6 is 0 Å². The van der Waals surface area contributed by atoms with Crippen LogP contribution in [0.4, 0.5) is 0 Å². The Morgan fingerprint density at radius 2 is 1.68 bits per heavy atom. The first kappa shape index (κ1) is 13.4. The molecule has 6 heteroatoms. The van der Waals surface area contributed by atoms with Crippen molar-refractivity contribution >= 4 is 20.9 Å². The molecule has 22 heavy (non-hydrogen) atoms. The molecule has 0 amide bonds. The number of benzene rings is 1. The molecule has 0 N–H and O–H groups in total. The van der Waals surface area contributed by atoms with Gasteiger partial charge in [0.1, 0.15) is 4.90 Å². The van der Waals surface area contributed by atoms with Crippen LogP contribution in [-0.2, 0) is 23.1 Å². The predicted octanol–water partition coefficient (Wildman–Crippen LogP) is 2.33. The molecule has 5 nitrogen and oxygen atoms in total. The Bertz CT molecular complexity index is 940. The van der Waals surface area contributed by atoms with Crippen molar-refractivity contribution in [2.24, 2.45) is 0 Å². The molecule has 0 fully saturated rings. The molecular formula is C16H13N3O2S. The fraction of sp³-hybridized carbons (Fsp3) is 0.125. The second kappa shape index (κ2) is 4.86. The monoisotopic (exact) mass is 311 g/mol. The Balaban J connectivity index is 1.82. The van der Waals surface area contributed by atoms with E-state index in [-0.39, 0.29) is 4.90 Å². The van der Waals surface area contributed by atoms with E-state index in [9.17, 15) is 8.42 Å². The van der Waals surface area contributed by atoms with E-state index < -0.39 is 10.0 Å². The minimum atomic E-state index is -3.60. The highest BCUT2D eigenvalue weighted by Gasteiger charge is 2.32. The number of nitrogens with zero attached hydrogens (tertiary/aromatic N) is 3. The lowest BCUT2D eigenvalue weighted by Gasteiger charge is -2.16. The first-order chi connectivity index (χ1) is 10.7. The summed E-state index contributed by atoms with van der Waals surface area (Å²) < 4.78 is 27.4. The largest absolute Gasteiger partial charge is 0.260 e. The number of rotatable bonds is 2. The summed E-state index contributed by atoms with van der Waals surface area (Å²) in [6, 6.07) is 12.6. The van der Waals surface area contributed by atoms with E-state index in [1.54, 1.807) is 30.6 Å². The third kappa shape index (κ3) is 2.00. The van der Waals surface area contributed by atoms with Crippen LogP contribution in [0.3, 0.4) is 0 Å². The van der Waals surface area contributed by atoms with Crippen molar-refractivity contribution in [2.75, 3.05) is 0 Å². The van der Waals surface area contributed by atoms with Gasteiger partial charge >= 0.3 is 0 Å². The molecule has 0 atom stereocenters. The molecule has 0 spiro atoms. The zero-order valence-corrected chi connectivity index (χ0v) is 12.5. The Labute approximate surface area is 128 Å². The van der Waals surface area contributed by atoms with Crippen molar-refractivity contribution in [3.8, 4) is 0 Å². The normalized spacial score (nSPS) is 15.1. The molecule has 4 rings (SSSR count). The van der Waals surface area contributed by atoms with Crippen LogP contribution in [0.2, 0.25) is 0 Å². The molecule has 0 bridgehead atoms.